The van der Waals surface area contributed by atoms with Crippen molar-refractivity contribution in [3.63, 3.8) is 0 Å². The van der Waals surface area contributed by atoms with Gasteiger partial charge in [-0.25, -0.2) is 9.97 Å². The number of nitrogens with one attached hydrogen (secondary N) is 2. The zero-order chi connectivity index (χ0) is 26.2. The average Bonchev–Trinajstić information content (AvgIpc) is 3.61. The SMILES string of the molecule is CN1CCN(c2ccnc3[nH]c(-c4n[nH]c5ccc(-c6cncc(OCc7ccccc7)c6)cc45)nc23)CC1. The van der Waals surface area contributed by atoms with Crippen molar-refractivity contribution < 1.29 is 4.74 Å². The molecule has 0 radical (unpaired) electrons. The molecule has 194 valence electrons. The van der Waals surface area contributed by atoms with Gasteiger partial charge < -0.3 is 19.5 Å². The molecule has 6 aromatic rings. The van der Waals surface area contributed by atoms with Gasteiger partial charge in [-0.15, -0.1) is 0 Å². The summed E-state index contributed by atoms with van der Waals surface area (Å²) in [5.74, 6) is 1.42. The smallest absolute Gasteiger partial charge is 0.161 e. The summed E-state index contributed by atoms with van der Waals surface area (Å²) >= 11 is 0. The quantitative estimate of drug-likeness (QED) is 0.325. The Morgan fingerprint density at radius 2 is 1.79 bits per heavy atom. The highest BCUT2D eigenvalue weighted by molar-refractivity contribution is 5.96. The number of rotatable bonds is 6. The van der Waals surface area contributed by atoms with Gasteiger partial charge in [0, 0.05) is 49.5 Å². The van der Waals surface area contributed by atoms with Gasteiger partial charge in [-0.3, -0.25) is 10.1 Å². The largest absolute Gasteiger partial charge is 0.487 e. The van der Waals surface area contributed by atoms with E-state index in [0.717, 1.165) is 82.1 Å². The van der Waals surface area contributed by atoms with Crippen molar-refractivity contribution in [1.29, 1.82) is 0 Å². The number of piperazine rings is 1. The van der Waals surface area contributed by atoms with E-state index in [4.69, 9.17) is 9.72 Å². The second-order valence-corrected chi connectivity index (χ2v) is 9.92. The topological polar surface area (TPSA) is 98.8 Å². The van der Waals surface area contributed by atoms with Gasteiger partial charge in [0.2, 0.25) is 0 Å². The zero-order valence-electron chi connectivity index (χ0n) is 21.6. The summed E-state index contributed by atoms with van der Waals surface area (Å²) < 4.78 is 6.01. The van der Waals surface area contributed by atoms with Crippen LogP contribution in [0.1, 0.15) is 5.56 Å². The summed E-state index contributed by atoms with van der Waals surface area (Å²) in [6, 6.07) is 20.4. The fourth-order valence-corrected chi connectivity index (χ4v) is 5.08. The predicted octanol–water partition coefficient (Wildman–Crippen LogP) is 4.89. The normalized spacial score (nSPS) is 14.3. The summed E-state index contributed by atoms with van der Waals surface area (Å²) in [5.41, 5.74) is 7.55. The molecule has 1 aliphatic rings. The lowest BCUT2D eigenvalue weighted by Crippen LogP contribution is -2.44. The molecule has 1 saturated heterocycles. The number of anilines is 1. The van der Waals surface area contributed by atoms with Crippen LogP contribution in [0.4, 0.5) is 5.69 Å². The number of hydrogen-bond donors (Lipinski definition) is 2. The molecule has 0 unspecified atom stereocenters. The number of fused-ring (bicyclic) bond motifs is 2. The number of aromatic nitrogens is 6. The minimum atomic E-state index is 0.493. The van der Waals surface area contributed by atoms with E-state index in [9.17, 15) is 0 Å². The second kappa shape index (κ2) is 9.85. The van der Waals surface area contributed by atoms with E-state index in [0.29, 0.717) is 12.4 Å². The number of pyridine rings is 2. The lowest BCUT2D eigenvalue weighted by Gasteiger charge is -2.33. The van der Waals surface area contributed by atoms with Crippen molar-refractivity contribution in [3.8, 4) is 28.4 Å². The number of hydrogen-bond acceptors (Lipinski definition) is 7. The third-order valence-corrected chi connectivity index (χ3v) is 7.29. The van der Waals surface area contributed by atoms with E-state index in [1.807, 2.05) is 54.9 Å². The minimum Gasteiger partial charge on any atom is -0.487 e. The first-order chi connectivity index (χ1) is 19.2. The fraction of sp³-hybridized carbons (Fsp3) is 0.200. The van der Waals surface area contributed by atoms with Crippen LogP contribution >= 0.6 is 0 Å². The first kappa shape index (κ1) is 23.4. The Balaban J connectivity index is 1.20. The Bertz CT molecular complexity index is 1750. The number of nitrogens with zero attached hydrogens (tertiary/aromatic N) is 6. The summed E-state index contributed by atoms with van der Waals surface area (Å²) in [6.07, 6.45) is 5.44. The molecule has 4 aromatic heterocycles. The molecule has 9 nitrogen and oxygen atoms in total. The zero-order valence-corrected chi connectivity index (χ0v) is 21.6. The highest BCUT2D eigenvalue weighted by atomic mass is 16.5. The van der Waals surface area contributed by atoms with Gasteiger partial charge in [-0.1, -0.05) is 36.4 Å². The van der Waals surface area contributed by atoms with Crippen molar-refractivity contribution in [2.45, 2.75) is 6.61 Å². The molecule has 7 rings (SSSR count). The summed E-state index contributed by atoms with van der Waals surface area (Å²) in [4.78, 5) is 22.1. The van der Waals surface area contributed by atoms with Crippen molar-refractivity contribution in [2.24, 2.45) is 0 Å². The molecule has 0 atom stereocenters. The maximum Gasteiger partial charge on any atom is 0.161 e. The van der Waals surface area contributed by atoms with E-state index in [-0.39, 0.29) is 0 Å². The maximum atomic E-state index is 6.01. The number of H-pyrrole nitrogens is 2. The maximum absolute atomic E-state index is 6.01. The van der Waals surface area contributed by atoms with Crippen LogP contribution in [0.3, 0.4) is 0 Å². The molecule has 1 aliphatic heterocycles. The van der Waals surface area contributed by atoms with Crippen molar-refractivity contribution in [1.82, 2.24) is 35.0 Å². The molecular formula is C30H28N8O. The molecule has 0 saturated carbocycles. The monoisotopic (exact) mass is 516 g/mol. The third kappa shape index (κ3) is 4.57. The lowest BCUT2D eigenvalue weighted by molar-refractivity contribution is 0.305. The van der Waals surface area contributed by atoms with Crippen LogP contribution in [0.2, 0.25) is 0 Å². The van der Waals surface area contributed by atoms with E-state index in [2.05, 4.69) is 60.2 Å². The van der Waals surface area contributed by atoms with Crippen LogP contribution < -0.4 is 9.64 Å². The van der Waals surface area contributed by atoms with E-state index in [1.165, 1.54) is 0 Å². The Kier molecular flexibility index (Phi) is 5.90. The Labute approximate surface area is 225 Å². The molecule has 9 heteroatoms. The van der Waals surface area contributed by atoms with Crippen LogP contribution in [-0.4, -0.2) is 68.3 Å². The van der Waals surface area contributed by atoms with Gasteiger partial charge in [-0.2, -0.15) is 5.10 Å². The molecule has 1 fully saturated rings. The molecule has 0 aliphatic carbocycles. The van der Waals surface area contributed by atoms with Gasteiger partial charge in [0.25, 0.3) is 0 Å². The molecule has 2 aromatic carbocycles. The highest BCUT2D eigenvalue weighted by Gasteiger charge is 2.20. The summed E-state index contributed by atoms with van der Waals surface area (Å²) in [6.45, 7) is 4.49. The van der Waals surface area contributed by atoms with Gasteiger partial charge in [-0.05, 0) is 42.4 Å². The van der Waals surface area contributed by atoms with Gasteiger partial charge in [0.15, 0.2) is 11.5 Å². The standard InChI is InChI=1S/C30H28N8O/c1-37-11-13-38(14-12-37)26-9-10-32-29-28(26)33-30(34-29)27-24-16-21(7-8-25(24)35-36-27)22-15-23(18-31-17-22)39-19-20-5-3-2-4-6-20/h2-10,15-18H,11-14,19H2,1H3,(H,35,36)(H,32,33,34). The van der Waals surface area contributed by atoms with Crippen LogP contribution in [0, 0.1) is 0 Å². The van der Waals surface area contributed by atoms with E-state index < -0.39 is 0 Å². The first-order valence-corrected chi connectivity index (χ1v) is 13.1. The lowest BCUT2D eigenvalue weighted by atomic mass is 10.0. The molecule has 2 N–H and O–H groups in total. The van der Waals surface area contributed by atoms with Crippen molar-refractivity contribution in [2.75, 3.05) is 38.1 Å². The Morgan fingerprint density at radius 3 is 2.67 bits per heavy atom. The molecule has 0 amide bonds. The number of imidazole rings is 1. The molecule has 5 heterocycles. The molecule has 39 heavy (non-hydrogen) atoms. The molecule has 0 bridgehead atoms. The van der Waals surface area contributed by atoms with Gasteiger partial charge in [0.1, 0.15) is 23.6 Å². The number of aromatic amines is 2. The Hall–Kier alpha value is -4.76. The number of likely N-dealkylation sites (N-methyl/N-ethyl adjacent to an activating group) is 1. The van der Waals surface area contributed by atoms with Crippen LogP contribution in [0.25, 0.3) is 44.7 Å². The first-order valence-electron chi connectivity index (χ1n) is 13.1. The summed E-state index contributed by atoms with van der Waals surface area (Å²) in [5, 5.41) is 8.75. The van der Waals surface area contributed by atoms with Crippen molar-refractivity contribution in [3.05, 3.63) is 84.8 Å². The van der Waals surface area contributed by atoms with E-state index in [1.54, 1.807) is 6.20 Å². The number of benzene rings is 2. The van der Waals surface area contributed by atoms with Crippen molar-refractivity contribution >= 4 is 27.8 Å². The average molecular weight is 517 g/mol. The van der Waals surface area contributed by atoms with Gasteiger partial charge in [0.05, 0.1) is 17.4 Å². The highest BCUT2D eigenvalue weighted by Crippen LogP contribution is 2.33. The summed E-state index contributed by atoms with van der Waals surface area (Å²) in [7, 11) is 2.16. The molecular weight excluding hydrogens is 488 g/mol. The van der Waals surface area contributed by atoms with E-state index >= 15 is 0 Å². The van der Waals surface area contributed by atoms with Crippen LogP contribution in [-0.2, 0) is 6.61 Å². The fourth-order valence-electron chi connectivity index (χ4n) is 5.08. The second-order valence-electron chi connectivity index (χ2n) is 9.92. The Morgan fingerprint density at radius 1 is 0.923 bits per heavy atom. The van der Waals surface area contributed by atoms with Crippen LogP contribution in [0.15, 0.2) is 79.3 Å². The third-order valence-electron chi connectivity index (χ3n) is 7.29. The number of ether oxygens (including phenoxy) is 1. The van der Waals surface area contributed by atoms with Gasteiger partial charge >= 0.3 is 0 Å². The predicted molar refractivity (Wildman–Crippen MR) is 153 cm³/mol. The minimum absolute atomic E-state index is 0.493. The van der Waals surface area contributed by atoms with Crippen LogP contribution in [0.5, 0.6) is 5.75 Å². The molecule has 0 spiro atoms.